The molecule has 82 valence electrons. The number of rotatable bonds is 2. The molecule has 0 bridgehead atoms. The summed E-state index contributed by atoms with van der Waals surface area (Å²) in [6.45, 7) is 2.27. The summed E-state index contributed by atoms with van der Waals surface area (Å²) in [5, 5.41) is 1.68. The molecule has 2 rings (SSSR count). The van der Waals surface area contributed by atoms with Crippen LogP contribution in [0.1, 0.15) is 5.56 Å². The highest BCUT2D eigenvalue weighted by Gasteiger charge is 2.12. The predicted octanol–water partition coefficient (Wildman–Crippen LogP) is 3.79. The van der Waals surface area contributed by atoms with Crippen LogP contribution in [0.4, 0.5) is 5.69 Å². The molecule has 0 saturated carbocycles. The number of hydrogen-bond acceptors (Lipinski definition) is 2. The van der Waals surface area contributed by atoms with Crippen molar-refractivity contribution in [2.45, 2.75) is 5.33 Å². The van der Waals surface area contributed by atoms with Crippen LogP contribution in [0.25, 0.3) is 0 Å². The molecular weight excluding hydrogens is 294 g/mol. The fraction of sp³-hybridized carbons (Fsp3) is 0.455. The van der Waals surface area contributed by atoms with Crippen molar-refractivity contribution in [1.29, 1.82) is 0 Å². The zero-order valence-electron chi connectivity index (χ0n) is 8.38. The van der Waals surface area contributed by atoms with Crippen molar-refractivity contribution in [3.63, 3.8) is 0 Å². The molecule has 0 aliphatic carbocycles. The SMILES string of the molecule is Clc1cc(N2CCSCC2)ccc1CBr. The lowest BCUT2D eigenvalue weighted by Crippen LogP contribution is -2.32. The summed E-state index contributed by atoms with van der Waals surface area (Å²) < 4.78 is 0. The quantitative estimate of drug-likeness (QED) is 0.765. The standard InChI is InChI=1S/C11H13BrClNS/c12-8-9-1-2-10(7-11(9)13)14-3-5-15-6-4-14/h1-2,7H,3-6,8H2. The summed E-state index contributed by atoms with van der Waals surface area (Å²) >= 11 is 11.6. The first-order valence-electron chi connectivity index (χ1n) is 4.98. The van der Waals surface area contributed by atoms with E-state index >= 15 is 0 Å². The van der Waals surface area contributed by atoms with Crippen molar-refractivity contribution in [3.8, 4) is 0 Å². The third-order valence-electron chi connectivity index (χ3n) is 2.56. The van der Waals surface area contributed by atoms with E-state index in [0.29, 0.717) is 0 Å². The molecule has 0 spiro atoms. The Morgan fingerprint density at radius 1 is 1.33 bits per heavy atom. The third-order valence-corrected chi connectivity index (χ3v) is 4.46. The Labute approximate surface area is 108 Å². The van der Waals surface area contributed by atoms with E-state index in [2.05, 4.69) is 39.0 Å². The van der Waals surface area contributed by atoms with Gasteiger partial charge in [0.25, 0.3) is 0 Å². The summed E-state index contributed by atoms with van der Waals surface area (Å²) in [7, 11) is 0. The Balaban J connectivity index is 2.17. The molecule has 1 aliphatic rings. The van der Waals surface area contributed by atoms with E-state index in [1.54, 1.807) is 0 Å². The van der Waals surface area contributed by atoms with Gasteiger partial charge in [-0.05, 0) is 17.7 Å². The maximum Gasteiger partial charge on any atom is 0.0467 e. The highest BCUT2D eigenvalue weighted by atomic mass is 79.9. The van der Waals surface area contributed by atoms with Crippen LogP contribution in [0.2, 0.25) is 5.02 Å². The number of anilines is 1. The molecule has 1 aromatic carbocycles. The fourth-order valence-electron chi connectivity index (χ4n) is 1.66. The van der Waals surface area contributed by atoms with Crippen LogP contribution in [0.5, 0.6) is 0 Å². The number of thioether (sulfide) groups is 1. The van der Waals surface area contributed by atoms with Gasteiger partial charge in [0, 0.05) is 40.6 Å². The molecule has 15 heavy (non-hydrogen) atoms. The van der Waals surface area contributed by atoms with Gasteiger partial charge in [-0.3, -0.25) is 0 Å². The summed E-state index contributed by atoms with van der Waals surface area (Å²) in [4.78, 5) is 2.40. The molecule has 1 nitrogen and oxygen atoms in total. The topological polar surface area (TPSA) is 3.24 Å². The highest BCUT2D eigenvalue weighted by molar-refractivity contribution is 9.08. The molecule has 0 aromatic heterocycles. The summed E-state index contributed by atoms with van der Waals surface area (Å²) in [6, 6.07) is 6.35. The average molecular weight is 307 g/mol. The van der Waals surface area contributed by atoms with Crippen molar-refractivity contribution in [3.05, 3.63) is 28.8 Å². The Morgan fingerprint density at radius 2 is 2.07 bits per heavy atom. The van der Waals surface area contributed by atoms with Gasteiger partial charge in [0.15, 0.2) is 0 Å². The van der Waals surface area contributed by atoms with E-state index in [1.165, 1.54) is 17.2 Å². The normalized spacial score (nSPS) is 16.8. The molecule has 1 heterocycles. The molecular formula is C11H13BrClNS. The van der Waals surface area contributed by atoms with Gasteiger partial charge in [-0.1, -0.05) is 33.6 Å². The second-order valence-electron chi connectivity index (χ2n) is 3.51. The first-order chi connectivity index (χ1) is 7.31. The van der Waals surface area contributed by atoms with E-state index in [9.17, 15) is 0 Å². The lowest BCUT2D eigenvalue weighted by atomic mass is 10.2. The molecule has 1 aliphatic heterocycles. The highest BCUT2D eigenvalue weighted by Crippen LogP contribution is 2.26. The molecule has 1 aromatic rings. The molecule has 1 fully saturated rings. The van der Waals surface area contributed by atoms with Crippen LogP contribution >= 0.6 is 39.3 Å². The van der Waals surface area contributed by atoms with Crippen molar-refractivity contribution < 1.29 is 0 Å². The van der Waals surface area contributed by atoms with Crippen molar-refractivity contribution in [2.75, 3.05) is 29.5 Å². The Hall–Kier alpha value is 0.140. The Bertz CT molecular complexity index is 339. The zero-order chi connectivity index (χ0) is 10.7. The zero-order valence-corrected chi connectivity index (χ0v) is 11.5. The summed E-state index contributed by atoms with van der Waals surface area (Å²) in [5.74, 6) is 2.44. The molecule has 4 heteroatoms. The van der Waals surface area contributed by atoms with Gasteiger partial charge in [-0.25, -0.2) is 0 Å². The number of halogens is 2. The first-order valence-corrected chi connectivity index (χ1v) is 7.64. The average Bonchev–Trinajstić information content (AvgIpc) is 2.30. The van der Waals surface area contributed by atoms with Crippen LogP contribution in [-0.2, 0) is 5.33 Å². The smallest absolute Gasteiger partial charge is 0.0467 e. The third kappa shape index (κ3) is 2.83. The van der Waals surface area contributed by atoms with E-state index in [0.717, 1.165) is 29.0 Å². The minimum absolute atomic E-state index is 0.821. The van der Waals surface area contributed by atoms with Crippen LogP contribution in [0.15, 0.2) is 18.2 Å². The molecule has 1 saturated heterocycles. The largest absolute Gasteiger partial charge is 0.370 e. The maximum absolute atomic E-state index is 6.19. The Morgan fingerprint density at radius 3 is 2.67 bits per heavy atom. The van der Waals surface area contributed by atoms with Crippen LogP contribution in [-0.4, -0.2) is 24.6 Å². The Kier molecular flexibility index (Phi) is 4.23. The fourth-order valence-corrected chi connectivity index (χ4v) is 3.46. The van der Waals surface area contributed by atoms with E-state index < -0.39 is 0 Å². The lowest BCUT2D eigenvalue weighted by Gasteiger charge is -2.28. The molecule has 0 amide bonds. The first kappa shape index (κ1) is 11.6. The van der Waals surface area contributed by atoms with Gasteiger partial charge in [-0.2, -0.15) is 11.8 Å². The minimum Gasteiger partial charge on any atom is -0.370 e. The van der Waals surface area contributed by atoms with Gasteiger partial charge in [-0.15, -0.1) is 0 Å². The summed E-state index contributed by atoms with van der Waals surface area (Å²) in [6.07, 6.45) is 0. The van der Waals surface area contributed by atoms with Gasteiger partial charge in [0.2, 0.25) is 0 Å². The van der Waals surface area contributed by atoms with Crippen molar-refractivity contribution in [2.24, 2.45) is 0 Å². The predicted molar refractivity (Wildman–Crippen MR) is 73.6 cm³/mol. The second kappa shape index (κ2) is 5.46. The van der Waals surface area contributed by atoms with E-state index in [4.69, 9.17) is 11.6 Å². The number of benzene rings is 1. The van der Waals surface area contributed by atoms with Crippen molar-refractivity contribution in [1.82, 2.24) is 0 Å². The maximum atomic E-state index is 6.19. The second-order valence-corrected chi connectivity index (χ2v) is 5.70. The summed E-state index contributed by atoms with van der Waals surface area (Å²) in [5.41, 5.74) is 2.41. The van der Waals surface area contributed by atoms with Gasteiger partial charge >= 0.3 is 0 Å². The number of nitrogens with zero attached hydrogens (tertiary/aromatic N) is 1. The van der Waals surface area contributed by atoms with E-state index in [-0.39, 0.29) is 0 Å². The van der Waals surface area contributed by atoms with Crippen molar-refractivity contribution >= 4 is 45.0 Å². The lowest BCUT2D eigenvalue weighted by molar-refractivity contribution is 0.858. The molecule has 0 atom stereocenters. The molecule has 0 radical (unpaired) electrons. The molecule has 0 N–H and O–H groups in total. The van der Waals surface area contributed by atoms with Crippen LogP contribution in [0.3, 0.4) is 0 Å². The van der Waals surface area contributed by atoms with Crippen LogP contribution in [0, 0.1) is 0 Å². The number of hydrogen-bond donors (Lipinski definition) is 0. The van der Waals surface area contributed by atoms with Gasteiger partial charge in [0.05, 0.1) is 0 Å². The minimum atomic E-state index is 0.821. The van der Waals surface area contributed by atoms with Gasteiger partial charge < -0.3 is 4.90 Å². The molecule has 0 unspecified atom stereocenters. The monoisotopic (exact) mass is 305 g/mol. The van der Waals surface area contributed by atoms with Crippen LogP contribution < -0.4 is 4.90 Å². The number of alkyl halides is 1. The van der Waals surface area contributed by atoms with Gasteiger partial charge in [0.1, 0.15) is 0 Å². The van der Waals surface area contributed by atoms with E-state index in [1.807, 2.05) is 11.8 Å².